The molecular formula is C18H20. The van der Waals surface area contributed by atoms with Crippen molar-refractivity contribution < 1.29 is 0 Å². The second-order valence-corrected chi connectivity index (χ2v) is 4.12. The van der Waals surface area contributed by atoms with Crippen LogP contribution in [0.1, 0.15) is 22.3 Å². The molecule has 0 aliphatic heterocycles. The van der Waals surface area contributed by atoms with E-state index < -0.39 is 0 Å². The minimum absolute atomic E-state index is 1.14. The quantitative estimate of drug-likeness (QED) is 0.665. The lowest BCUT2D eigenvalue weighted by molar-refractivity contribution is 1.34. The van der Waals surface area contributed by atoms with Crippen LogP contribution in [0.3, 0.4) is 0 Å². The van der Waals surface area contributed by atoms with Crippen molar-refractivity contribution in [2.75, 3.05) is 0 Å². The van der Waals surface area contributed by atoms with E-state index in [-0.39, 0.29) is 0 Å². The minimum atomic E-state index is 1.14. The molecule has 18 heavy (non-hydrogen) atoms. The van der Waals surface area contributed by atoms with Crippen LogP contribution in [-0.4, -0.2) is 0 Å². The highest BCUT2D eigenvalue weighted by Gasteiger charge is 1.89. The summed E-state index contributed by atoms with van der Waals surface area (Å²) >= 11 is 0. The van der Waals surface area contributed by atoms with Gasteiger partial charge in [0, 0.05) is 0 Å². The highest BCUT2D eigenvalue weighted by Crippen LogP contribution is 2.10. The largest absolute Gasteiger partial charge is 0.0984 e. The van der Waals surface area contributed by atoms with Gasteiger partial charge in [-0.15, -0.1) is 0 Å². The number of aryl methyl sites for hydroxylation is 2. The highest BCUT2D eigenvalue weighted by molar-refractivity contribution is 5.63. The molecule has 0 radical (unpaired) electrons. The van der Waals surface area contributed by atoms with Crippen molar-refractivity contribution in [3.05, 3.63) is 83.9 Å². The van der Waals surface area contributed by atoms with Gasteiger partial charge in [0.2, 0.25) is 0 Å². The molecule has 0 atom stereocenters. The van der Waals surface area contributed by atoms with Crippen molar-refractivity contribution in [1.82, 2.24) is 0 Å². The molecule has 0 heterocycles. The van der Waals surface area contributed by atoms with Crippen LogP contribution in [0.5, 0.6) is 0 Å². The van der Waals surface area contributed by atoms with Crippen molar-refractivity contribution in [2.24, 2.45) is 0 Å². The lowest BCUT2D eigenvalue weighted by Gasteiger charge is -1.96. The molecule has 0 nitrogen and oxygen atoms in total. The topological polar surface area (TPSA) is 0 Å². The first-order valence-corrected chi connectivity index (χ1v) is 6.05. The van der Waals surface area contributed by atoms with Gasteiger partial charge in [-0.2, -0.15) is 0 Å². The minimum Gasteiger partial charge on any atom is -0.0984 e. The molecule has 0 aromatic heterocycles. The van der Waals surface area contributed by atoms with Gasteiger partial charge in [-0.3, -0.25) is 0 Å². The van der Waals surface area contributed by atoms with Gasteiger partial charge in [0.25, 0.3) is 0 Å². The van der Waals surface area contributed by atoms with Gasteiger partial charge in [-0.1, -0.05) is 73.8 Å². The molecule has 0 amide bonds. The summed E-state index contributed by atoms with van der Waals surface area (Å²) in [6.45, 7) is 11.6. The van der Waals surface area contributed by atoms with Crippen LogP contribution in [0, 0.1) is 13.8 Å². The fourth-order valence-corrected chi connectivity index (χ4v) is 1.55. The molecule has 92 valence electrons. The van der Waals surface area contributed by atoms with Gasteiger partial charge in [0.1, 0.15) is 0 Å². The summed E-state index contributed by atoms with van der Waals surface area (Å²) in [5.74, 6) is 0. The maximum atomic E-state index is 3.69. The van der Waals surface area contributed by atoms with E-state index in [9.17, 15) is 0 Å². The van der Waals surface area contributed by atoms with E-state index in [4.69, 9.17) is 0 Å². The Morgan fingerprint density at radius 1 is 0.667 bits per heavy atom. The van der Waals surface area contributed by atoms with Crippen LogP contribution in [0.4, 0.5) is 0 Å². The first-order chi connectivity index (χ1) is 8.69. The van der Waals surface area contributed by atoms with E-state index in [1.165, 1.54) is 11.1 Å². The molecule has 0 bridgehead atoms. The van der Waals surface area contributed by atoms with Crippen LogP contribution < -0.4 is 0 Å². The number of rotatable bonds is 2. The van der Waals surface area contributed by atoms with E-state index >= 15 is 0 Å². The molecule has 0 fully saturated rings. The van der Waals surface area contributed by atoms with Gasteiger partial charge in [-0.05, 0) is 36.1 Å². The Hall–Kier alpha value is -2.08. The average molecular weight is 236 g/mol. The smallest absolute Gasteiger partial charge is 0.0190 e. The third-order valence-corrected chi connectivity index (χ3v) is 2.86. The van der Waals surface area contributed by atoms with Crippen molar-refractivity contribution in [1.29, 1.82) is 0 Å². The van der Waals surface area contributed by atoms with Crippen LogP contribution in [0.25, 0.3) is 12.2 Å². The molecule has 0 heteroatoms. The first kappa shape index (κ1) is 14.0. The van der Waals surface area contributed by atoms with E-state index in [2.05, 4.69) is 51.3 Å². The summed E-state index contributed by atoms with van der Waals surface area (Å²) in [5.41, 5.74) is 5.01. The molecule has 0 unspecified atom stereocenters. The second-order valence-electron chi connectivity index (χ2n) is 4.12. The predicted octanol–water partition coefficient (Wildman–Crippen LogP) is 5.28. The molecule has 0 N–H and O–H groups in total. The van der Waals surface area contributed by atoms with Gasteiger partial charge in [0.15, 0.2) is 0 Å². The highest BCUT2D eigenvalue weighted by atomic mass is 13.9. The molecule has 2 rings (SSSR count). The van der Waals surface area contributed by atoms with Crippen LogP contribution in [0.15, 0.2) is 61.7 Å². The lowest BCUT2D eigenvalue weighted by Crippen LogP contribution is -1.76. The Morgan fingerprint density at radius 2 is 1.00 bits per heavy atom. The van der Waals surface area contributed by atoms with Crippen molar-refractivity contribution in [3.8, 4) is 0 Å². The number of hydrogen-bond donors (Lipinski definition) is 0. The second kappa shape index (κ2) is 7.29. The van der Waals surface area contributed by atoms with E-state index in [1.807, 2.05) is 36.4 Å². The zero-order valence-electron chi connectivity index (χ0n) is 11.2. The molecule has 2 aromatic rings. The zero-order chi connectivity index (χ0) is 13.4. The molecule has 0 saturated carbocycles. The van der Waals surface area contributed by atoms with Crippen LogP contribution >= 0.6 is 0 Å². The normalized spacial score (nSPS) is 9.00. The fourth-order valence-electron chi connectivity index (χ4n) is 1.55. The van der Waals surface area contributed by atoms with Gasteiger partial charge in [0.05, 0.1) is 0 Å². The Morgan fingerprint density at radius 3 is 1.28 bits per heavy atom. The maximum absolute atomic E-state index is 3.69. The van der Waals surface area contributed by atoms with E-state index in [0.29, 0.717) is 0 Å². The maximum Gasteiger partial charge on any atom is -0.0190 e. The monoisotopic (exact) mass is 236 g/mol. The van der Waals surface area contributed by atoms with Crippen LogP contribution in [-0.2, 0) is 0 Å². The van der Waals surface area contributed by atoms with E-state index in [1.54, 1.807) is 0 Å². The average Bonchev–Trinajstić information content (AvgIpc) is 2.42. The SMILES string of the molecule is C=Cc1ccccc1C=C.Cc1ccccc1C. The fraction of sp³-hybridized carbons (Fsp3) is 0.111. The summed E-state index contributed by atoms with van der Waals surface area (Å²) in [6.07, 6.45) is 3.66. The third-order valence-electron chi connectivity index (χ3n) is 2.86. The lowest BCUT2D eigenvalue weighted by atomic mass is 10.1. The Labute approximate surface area is 110 Å². The predicted molar refractivity (Wildman–Crippen MR) is 82.5 cm³/mol. The van der Waals surface area contributed by atoms with Crippen molar-refractivity contribution in [3.63, 3.8) is 0 Å². The van der Waals surface area contributed by atoms with Crippen molar-refractivity contribution >= 4 is 12.2 Å². The van der Waals surface area contributed by atoms with E-state index in [0.717, 1.165) is 11.1 Å². The first-order valence-electron chi connectivity index (χ1n) is 6.05. The van der Waals surface area contributed by atoms with Gasteiger partial charge < -0.3 is 0 Å². The number of benzene rings is 2. The summed E-state index contributed by atoms with van der Waals surface area (Å²) in [4.78, 5) is 0. The van der Waals surface area contributed by atoms with Crippen molar-refractivity contribution in [2.45, 2.75) is 13.8 Å². The summed E-state index contributed by atoms with van der Waals surface area (Å²) in [6, 6.07) is 16.4. The zero-order valence-corrected chi connectivity index (χ0v) is 11.2. The third kappa shape index (κ3) is 4.06. The Balaban J connectivity index is 0.000000184. The molecule has 2 aromatic carbocycles. The molecular weight excluding hydrogens is 216 g/mol. The molecule has 0 spiro atoms. The Kier molecular flexibility index (Phi) is 5.66. The standard InChI is InChI=1S/C10H10.C8H10/c1-3-9-7-5-6-8-10(9)4-2;1-7-5-3-4-6-8(7)2/h3-8H,1-2H2;3-6H,1-2H3. The molecule has 0 aliphatic carbocycles. The van der Waals surface area contributed by atoms with Gasteiger partial charge >= 0.3 is 0 Å². The van der Waals surface area contributed by atoms with Gasteiger partial charge in [-0.25, -0.2) is 0 Å². The van der Waals surface area contributed by atoms with Crippen LogP contribution in [0.2, 0.25) is 0 Å². The molecule has 0 saturated heterocycles. The Bertz CT molecular complexity index is 473. The summed E-state index contributed by atoms with van der Waals surface area (Å²) in [7, 11) is 0. The summed E-state index contributed by atoms with van der Waals surface area (Å²) in [5, 5.41) is 0. The number of hydrogen-bond acceptors (Lipinski definition) is 0. The molecule has 0 aliphatic rings. The summed E-state index contributed by atoms with van der Waals surface area (Å²) < 4.78 is 0.